The topological polar surface area (TPSA) is 45.4 Å². The molecule has 0 aliphatic rings. The number of hydrogen-bond acceptors (Lipinski definition) is 3. The van der Waals surface area contributed by atoms with Gasteiger partial charge in [-0.1, -0.05) is 46.9 Å². The molecule has 0 spiro atoms. The number of aliphatic hydroxyl groups excluding tert-OH is 1. The van der Waals surface area contributed by atoms with Crippen molar-refractivity contribution in [1.82, 2.24) is 5.32 Å². The minimum Gasteiger partial charge on any atom is -0.464 e. The van der Waals surface area contributed by atoms with Crippen molar-refractivity contribution in [1.29, 1.82) is 0 Å². The molecule has 0 fully saturated rings. The summed E-state index contributed by atoms with van der Waals surface area (Å²) in [6, 6.07) is 6.50. The van der Waals surface area contributed by atoms with Gasteiger partial charge >= 0.3 is 0 Å². The van der Waals surface area contributed by atoms with E-state index in [1.54, 1.807) is 25.4 Å². The van der Waals surface area contributed by atoms with E-state index >= 15 is 0 Å². The molecular formula is C12H12Cl3NO2. The maximum Gasteiger partial charge on any atom is 0.208 e. The van der Waals surface area contributed by atoms with Crippen molar-refractivity contribution in [3.63, 3.8) is 0 Å². The molecule has 0 aliphatic heterocycles. The lowest BCUT2D eigenvalue weighted by atomic mass is 10.0. The van der Waals surface area contributed by atoms with Gasteiger partial charge in [0, 0.05) is 5.39 Å². The van der Waals surface area contributed by atoms with Gasteiger partial charge in [0.2, 0.25) is 3.79 Å². The van der Waals surface area contributed by atoms with Crippen molar-refractivity contribution in [2.24, 2.45) is 0 Å². The molecule has 3 nitrogen and oxygen atoms in total. The largest absolute Gasteiger partial charge is 0.464 e. The summed E-state index contributed by atoms with van der Waals surface area (Å²) in [6.07, 6.45) is 0.641. The highest BCUT2D eigenvalue weighted by Gasteiger charge is 2.37. The highest BCUT2D eigenvalue weighted by Crippen LogP contribution is 2.37. The van der Waals surface area contributed by atoms with Gasteiger partial charge in [0.15, 0.2) is 0 Å². The average Bonchev–Trinajstić information content (AvgIpc) is 2.74. The van der Waals surface area contributed by atoms with Crippen LogP contribution in [-0.2, 0) is 0 Å². The Kier molecular flexibility index (Phi) is 4.09. The van der Waals surface area contributed by atoms with E-state index < -0.39 is 15.9 Å². The Labute approximate surface area is 120 Å². The molecule has 0 aliphatic carbocycles. The smallest absolute Gasteiger partial charge is 0.208 e. The summed E-state index contributed by atoms with van der Waals surface area (Å²) in [5, 5.41) is 14.0. The Bertz CT molecular complexity index is 535. The van der Waals surface area contributed by atoms with E-state index in [1.165, 1.54) is 0 Å². The molecule has 1 aromatic heterocycles. The van der Waals surface area contributed by atoms with Crippen LogP contribution in [0.3, 0.4) is 0 Å². The third kappa shape index (κ3) is 2.76. The normalized spacial score (nSPS) is 15.8. The Morgan fingerprint density at radius 2 is 2.00 bits per heavy atom. The molecule has 0 saturated carbocycles. The predicted octanol–water partition coefficient (Wildman–Crippen LogP) is 3.42. The van der Waals surface area contributed by atoms with E-state index in [9.17, 15) is 5.11 Å². The number of aliphatic hydroxyl groups is 1. The van der Waals surface area contributed by atoms with E-state index in [4.69, 9.17) is 39.2 Å². The second kappa shape index (κ2) is 5.27. The summed E-state index contributed by atoms with van der Waals surface area (Å²) in [7, 11) is 1.63. The van der Waals surface area contributed by atoms with Crippen molar-refractivity contribution >= 4 is 45.8 Å². The summed E-state index contributed by atoms with van der Waals surface area (Å²) in [4.78, 5) is 0. The van der Waals surface area contributed by atoms with Crippen LogP contribution >= 0.6 is 34.8 Å². The number of rotatable bonds is 3. The Balaban J connectivity index is 2.34. The zero-order valence-electron chi connectivity index (χ0n) is 9.53. The fraction of sp³-hybridized carbons (Fsp3) is 0.333. The average molecular weight is 309 g/mol. The maximum absolute atomic E-state index is 10.3. The number of alkyl halides is 3. The third-order valence-electron chi connectivity index (χ3n) is 2.80. The first kappa shape index (κ1) is 14.0. The van der Waals surface area contributed by atoms with Crippen LogP contribution < -0.4 is 5.32 Å². The number of likely N-dealkylation sites (N-methyl/N-ethyl adjacent to an activating group) is 1. The van der Waals surface area contributed by atoms with Gasteiger partial charge in [-0.05, 0) is 24.7 Å². The van der Waals surface area contributed by atoms with Crippen LogP contribution in [0.2, 0.25) is 0 Å². The molecule has 2 unspecified atom stereocenters. The van der Waals surface area contributed by atoms with Gasteiger partial charge in [-0.15, -0.1) is 0 Å². The number of benzene rings is 1. The Morgan fingerprint density at radius 3 is 2.61 bits per heavy atom. The molecule has 1 heterocycles. The monoisotopic (exact) mass is 307 g/mol. The van der Waals surface area contributed by atoms with Crippen LogP contribution in [0.25, 0.3) is 11.0 Å². The lowest BCUT2D eigenvalue weighted by Gasteiger charge is -2.28. The second-order valence-electron chi connectivity index (χ2n) is 3.97. The summed E-state index contributed by atoms with van der Waals surface area (Å²) < 4.78 is 3.67. The van der Waals surface area contributed by atoms with Crippen LogP contribution in [0.1, 0.15) is 11.7 Å². The molecule has 18 heavy (non-hydrogen) atoms. The molecule has 6 heteroatoms. The van der Waals surface area contributed by atoms with Crippen LogP contribution in [0, 0.1) is 0 Å². The van der Waals surface area contributed by atoms with Gasteiger partial charge in [-0.2, -0.15) is 0 Å². The fourth-order valence-corrected chi connectivity index (χ4v) is 2.53. The van der Waals surface area contributed by atoms with Crippen molar-refractivity contribution < 1.29 is 9.52 Å². The third-order valence-corrected chi connectivity index (χ3v) is 3.51. The number of halogens is 3. The van der Waals surface area contributed by atoms with Crippen molar-refractivity contribution in [3.8, 4) is 0 Å². The highest BCUT2D eigenvalue weighted by atomic mass is 35.6. The SMILES string of the molecule is CNC(C(O)c1ccc2ccoc2c1)C(Cl)(Cl)Cl. The molecule has 2 rings (SSSR count). The Hall–Kier alpha value is -0.450. The minimum absolute atomic E-state index is 0.628. The number of hydrogen-bond donors (Lipinski definition) is 2. The van der Waals surface area contributed by atoms with E-state index in [0.717, 1.165) is 5.39 Å². The standard InChI is InChI=1S/C12H12Cl3NO2/c1-16-11(12(13,14)15)10(17)8-3-2-7-4-5-18-9(7)6-8/h2-6,10-11,16-17H,1H3. The van der Waals surface area contributed by atoms with Crippen molar-refractivity contribution in [3.05, 3.63) is 36.1 Å². The molecular weight excluding hydrogens is 296 g/mol. The van der Waals surface area contributed by atoms with Gasteiger partial charge in [-0.25, -0.2) is 0 Å². The molecule has 0 radical (unpaired) electrons. The molecule has 0 amide bonds. The summed E-state index contributed by atoms with van der Waals surface area (Å²) in [5.41, 5.74) is 1.31. The summed E-state index contributed by atoms with van der Waals surface area (Å²) in [6.45, 7) is 0. The lowest BCUT2D eigenvalue weighted by Crippen LogP contribution is -2.42. The van der Waals surface area contributed by atoms with E-state index in [-0.39, 0.29) is 0 Å². The molecule has 2 N–H and O–H groups in total. The van der Waals surface area contributed by atoms with Crippen LogP contribution in [0.5, 0.6) is 0 Å². The van der Waals surface area contributed by atoms with E-state index in [2.05, 4.69) is 5.32 Å². The number of furan rings is 1. The lowest BCUT2D eigenvalue weighted by molar-refractivity contribution is 0.134. The summed E-state index contributed by atoms with van der Waals surface area (Å²) >= 11 is 17.5. The molecule has 98 valence electrons. The van der Waals surface area contributed by atoms with Gasteiger partial charge in [-0.3, -0.25) is 0 Å². The fourth-order valence-electron chi connectivity index (χ4n) is 1.85. The highest BCUT2D eigenvalue weighted by molar-refractivity contribution is 6.68. The van der Waals surface area contributed by atoms with Crippen molar-refractivity contribution in [2.75, 3.05) is 7.05 Å². The number of fused-ring (bicyclic) bond motifs is 1. The molecule has 0 saturated heterocycles. The molecule has 2 aromatic rings. The zero-order chi connectivity index (χ0) is 13.3. The molecule has 1 aromatic carbocycles. The number of nitrogens with one attached hydrogen (secondary N) is 1. The summed E-state index contributed by atoms with van der Waals surface area (Å²) in [5.74, 6) is 0. The van der Waals surface area contributed by atoms with Crippen LogP contribution in [0.4, 0.5) is 0 Å². The zero-order valence-corrected chi connectivity index (χ0v) is 11.8. The predicted molar refractivity (Wildman–Crippen MR) is 74.3 cm³/mol. The van der Waals surface area contributed by atoms with Gasteiger partial charge in [0.25, 0.3) is 0 Å². The second-order valence-corrected chi connectivity index (χ2v) is 6.34. The van der Waals surface area contributed by atoms with Crippen LogP contribution in [-0.4, -0.2) is 22.0 Å². The van der Waals surface area contributed by atoms with Gasteiger partial charge in [0.05, 0.1) is 18.4 Å². The van der Waals surface area contributed by atoms with Gasteiger partial charge in [0.1, 0.15) is 5.58 Å². The van der Waals surface area contributed by atoms with E-state index in [0.29, 0.717) is 11.1 Å². The maximum atomic E-state index is 10.3. The minimum atomic E-state index is -1.60. The van der Waals surface area contributed by atoms with Crippen molar-refractivity contribution in [2.45, 2.75) is 15.9 Å². The van der Waals surface area contributed by atoms with E-state index in [1.807, 2.05) is 12.1 Å². The Morgan fingerprint density at radius 1 is 1.28 bits per heavy atom. The van der Waals surface area contributed by atoms with Gasteiger partial charge < -0.3 is 14.8 Å². The first-order chi connectivity index (χ1) is 8.43. The first-order valence-corrected chi connectivity index (χ1v) is 6.46. The first-order valence-electron chi connectivity index (χ1n) is 5.32. The molecule has 0 bridgehead atoms. The molecule has 2 atom stereocenters. The van der Waals surface area contributed by atoms with Crippen LogP contribution in [0.15, 0.2) is 34.9 Å². The quantitative estimate of drug-likeness (QED) is 0.854.